The van der Waals surface area contributed by atoms with Crippen LogP contribution in [0.1, 0.15) is 11.1 Å². The van der Waals surface area contributed by atoms with E-state index in [2.05, 4.69) is 0 Å². The maximum atomic E-state index is 14.4. The van der Waals surface area contributed by atoms with E-state index in [4.69, 9.17) is 18.9 Å². The molecule has 0 unspecified atom stereocenters. The predicted molar refractivity (Wildman–Crippen MR) is 88.0 cm³/mol. The zero-order valence-electron chi connectivity index (χ0n) is 13.9. The normalized spacial score (nSPS) is 11.2. The lowest BCUT2D eigenvalue weighted by atomic mass is 10.1. The summed E-state index contributed by atoms with van der Waals surface area (Å²) in [4.78, 5) is 0. The molecule has 0 fully saturated rings. The van der Waals surface area contributed by atoms with Gasteiger partial charge in [0, 0.05) is 5.56 Å². The summed E-state index contributed by atoms with van der Waals surface area (Å²) in [7, 11) is 5.77. The molecule has 0 N–H and O–H groups in total. The van der Waals surface area contributed by atoms with Gasteiger partial charge in [0.05, 0.1) is 28.4 Å². The number of rotatable bonds is 6. The molecule has 0 aliphatic carbocycles. The van der Waals surface area contributed by atoms with Crippen molar-refractivity contribution >= 4 is 11.9 Å². The van der Waals surface area contributed by atoms with Crippen molar-refractivity contribution in [2.45, 2.75) is 0 Å². The van der Waals surface area contributed by atoms with Crippen molar-refractivity contribution in [1.82, 2.24) is 0 Å². The number of halogens is 2. The molecule has 0 aliphatic rings. The van der Waals surface area contributed by atoms with Gasteiger partial charge in [0.25, 0.3) is 0 Å². The fourth-order valence-corrected chi connectivity index (χ4v) is 2.23. The molecule has 2 rings (SSSR count). The Hall–Kier alpha value is -2.76. The molecule has 0 atom stereocenters. The molecule has 0 heterocycles. The lowest BCUT2D eigenvalue weighted by Crippen LogP contribution is -1.95. The van der Waals surface area contributed by atoms with Gasteiger partial charge in [-0.05, 0) is 42.0 Å². The summed E-state index contributed by atoms with van der Waals surface area (Å²) >= 11 is 0. The number of hydrogen-bond donors (Lipinski definition) is 0. The van der Waals surface area contributed by atoms with Crippen LogP contribution in [0.25, 0.3) is 11.9 Å². The Kier molecular flexibility index (Phi) is 5.63. The molecule has 0 spiro atoms. The van der Waals surface area contributed by atoms with E-state index < -0.39 is 11.6 Å². The van der Waals surface area contributed by atoms with Gasteiger partial charge in [0.2, 0.25) is 5.75 Å². The van der Waals surface area contributed by atoms with Gasteiger partial charge in [-0.25, -0.2) is 8.78 Å². The van der Waals surface area contributed by atoms with Crippen molar-refractivity contribution in [2.24, 2.45) is 0 Å². The van der Waals surface area contributed by atoms with E-state index in [9.17, 15) is 8.78 Å². The van der Waals surface area contributed by atoms with E-state index in [0.717, 1.165) is 6.07 Å². The Morgan fingerprint density at radius 1 is 0.833 bits per heavy atom. The van der Waals surface area contributed by atoms with E-state index in [0.29, 0.717) is 22.8 Å². The highest BCUT2D eigenvalue weighted by molar-refractivity contribution is 5.78. The highest BCUT2D eigenvalue weighted by atomic mass is 19.1. The van der Waals surface area contributed by atoms with Crippen LogP contribution < -0.4 is 18.9 Å². The van der Waals surface area contributed by atoms with Crippen LogP contribution in [0.2, 0.25) is 0 Å². The summed E-state index contributed by atoms with van der Waals surface area (Å²) in [5.74, 6) is 0.0234. The maximum absolute atomic E-state index is 14.4. The van der Waals surface area contributed by atoms with Gasteiger partial charge in [0.15, 0.2) is 23.1 Å². The van der Waals surface area contributed by atoms with Crippen LogP contribution in [0.4, 0.5) is 8.78 Å². The van der Waals surface area contributed by atoms with E-state index in [-0.39, 0.29) is 11.3 Å². The van der Waals surface area contributed by atoms with E-state index in [1.54, 1.807) is 12.1 Å². The molecule has 24 heavy (non-hydrogen) atoms. The molecule has 2 aromatic carbocycles. The fourth-order valence-electron chi connectivity index (χ4n) is 2.23. The Morgan fingerprint density at radius 3 is 1.88 bits per heavy atom. The van der Waals surface area contributed by atoms with Crippen molar-refractivity contribution < 1.29 is 27.7 Å². The second-order valence-corrected chi connectivity index (χ2v) is 4.80. The van der Waals surface area contributed by atoms with Gasteiger partial charge in [-0.3, -0.25) is 0 Å². The summed E-state index contributed by atoms with van der Waals surface area (Å²) in [5.41, 5.74) is 0.584. The molecule has 0 aliphatic heterocycles. The van der Waals surface area contributed by atoms with Crippen LogP contribution in [0.5, 0.6) is 23.0 Å². The van der Waals surface area contributed by atoms with E-state index >= 15 is 0 Å². The first-order valence-electron chi connectivity index (χ1n) is 7.05. The van der Waals surface area contributed by atoms with Gasteiger partial charge in [0.1, 0.15) is 5.83 Å². The van der Waals surface area contributed by atoms with Crippen LogP contribution in [-0.4, -0.2) is 28.4 Å². The Bertz CT molecular complexity index is 732. The molecular formula is C18H18F2O4. The van der Waals surface area contributed by atoms with Crippen LogP contribution in [-0.2, 0) is 0 Å². The monoisotopic (exact) mass is 336 g/mol. The van der Waals surface area contributed by atoms with Crippen molar-refractivity contribution in [2.75, 3.05) is 28.4 Å². The van der Waals surface area contributed by atoms with Crippen molar-refractivity contribution in [3.8, 4) is 23.0 Å². The largest absolute Gasteiger partial charge is 0.494 e. The average molecular weight is 336 g/mol. The molecule has 6 heteroatoms. The van der Waals surface area contributed by atoms with Crippen LogP contribution in [0.15, 0.2) is 30.3 Å². The molecule has 0 radical (unpaired) electrons. The van der Waals surface area contributed by atoms with Crippen molar-refractivity contribution in [3.05, 3.63) is 47.3 Å². The third kappa shape index (κ3) is 3.59. The third-order valence-electron chi connectivity index (χ3n) is 3.41. The van der Waals surface area contributed by atoms with Crippen molar-refractivity contribution in [1.29, 1.82) is 0 Å². The molecule has 0 bridgehead atoms. The number of benzene rings is 2. The maximum Gasteiger partial charge on any atom is 0.203 e. The Morgan fingerprint density at radius 2 is 1.42 bits per heavy atom. The lowest BCUT2D eigenvalue weighted by molar-refractivity contribution is 0.324. The Labute approximate surface area is 139 Å². The lowest BCUT2D eigenvalue weighted by Gasteiger charge is -2.13. The molecular weight excluding hydrogens is 318 g/mol. The first-order valence-corrected chi connectivity index (χ1v) is 7.05. The molecule has 128 valence electrons. The molecule has 0 saturated heterocycles. The summed E-state index contributed by atoms with van der Waals surface area (Å²) in [5, 5.41) is 0. The smallest absolute Gasteiger partial charge is 0.203 e. The van der Waals surface area contributed by atoms with E-state index in [1.807, 2.05) is 0 Å². The van der Waals surface area contributed by atoms with Gasteiger partial charge >= 0.3 is 0 Å². The SMILES string of the molecule is COc1ccc(/C(F)=C\c2cc(OC)c(OC)c(OC)c2)cc1F. The second kappa shape index (κ2) is 7.68. The minimum atomic E-state index is -0.636. The van der Waals surface area contributed by atoms with Crippen molar-refractivity contribution in [3.63, 3.8) is 0 Å². The number of methoxy groups -OCH3 is 4. The molecule has 0 amide bonds. The quantitative estimate of drug-likeness (QED) is 0.736. The minimum absolute atomic E-state index is 0.0549. The topological polar surface area (TPSA) is 36.9 Å². The standard InChI is InChI=1S/C18H18F2O4/c1-21-15-6-5-12(10-14(15)20)13(19)7-11-8-16(22-2)18(24-4)17(9-11)23-3/h5-10H,1-4H3/b13-7+. The van der Waals surface area contributed by atoms with Crippen LogP contribution >= 0.6 is 0 Å². The summed E-state index contributed by atoms with van der Waals surface area (Å²) in [6.07, 6.45) is 1.26. The molecule has 0 aromatic heterocycles. The highest BCUT2D eigenvalue weighted by Gasteiger charge is 2.13. The fraction of sp³-hybridized carbons (Fsp3) is 0.222. The van der Waals surface area contributed by atoms with Crippen LogP contribution in [0.3, 0.4) is 0 Å². The second-order valence-electron chi connectivity index (χ2n) is 4.80. The predicted octanol–water partition coefficient (Wildman–Crippen LogP) is 4.33. The molecule has 0 saturated carbocycles. The third-order valence-corrected chi connectivity index (χ3v) is 3.41. The highest BCUT2D eigenvalue weighted by Crippen LogP contribution is 2.39. The van der Waals surface area contributed by atoms with Gasteiger partial charge in [-0.1, -0.05) is 0 Å². The first kappa shape index (κ1) is 17.6. The zero-order chi connectivity index (χ0) is 17.7. The van der Waals surface area contributed by atoms with Gasteiger partial charge in [-0.2, -0.15) is 0 Å². The zero-order valence-corrected chi connectivity index (χ0v) is 13.9. The molecule has 4 nitrogen and oxygen atoms in total. The average Bonchev–Trinajstić information content (AvgIpc) is 2.60. The van der Waals surface area contributed by atoms with E-state index in [1.165, 1.54) is 46.6 Å². The van der Waals surface area contributed by atoms with Crippen LogP contribution in [0, 0.1) is 5.82 Å². The first-order chi connectivity index (χ1) is 11.5. The number of hydrogen-bond acceptors (Lipinski definition) is 4. The summed E-state index contributed by atoms with van der Waals surface area (Å²) < 4.78 is 48.6. The Balaban J connectivity index is 2.44. The van der Waals surface area contributed by atoms with Gasteiger partial charge < -0.3 is 18.9 Å². The molecule has 2 aromatic rings. The van der Waals surface area contributed by atoms with Gasteiger partial charge in [-0.15, -0.1) is 0 Å². The minimum Gasteiger partial charge on any atom is -0.494 e. The number of ether oxygens (including phenoxy) is 4. The summed E-state index contributed by atoms with van der Waals surface area (Å²) in [6.45, 7) is 0. The summed E-state index contributed by atoms with van der Waals surface area (Å²) in [6, 6.07) is 7.07.